The molecule has 0 aromatic rings. The second-order valence-electron chi connectivity index (χ2n) is 6.31. The van der Waals surface area contributed by atoms with Crippen molar-refractivity contribution in [1.82, 2.24) is 10.2 Å². The lowest BCUT2D eigenvalue weighted by Gasteiger charge is -2.35. The molecule has 1 aliphatic rings. The van der Waals surface area contributed by atoms with Crippen molar-refractivity contribution < 1.29 is 19.4 Å². The predicted octanol–water partition coefficient (Wildman–Crippen LogP) is 1.51. The van der Waals surface area contributed by atoms with Crippen LogP contribution in [0, 0.1) is 5.92 Å². The Bertz CT molecular complexity index is 362. The molecule has 0 saturated carbocycles. The van der Waals surface area contributed by atoms with Crippen molar-refractivity contribution in [2.24, 2.45) is 5.92 Å². The highest BCUT2D eigenvalue weighted by molar-refractivity contribution is 9.09. The summed E-state index contributed by atoms with van der Waals surface area (Å²) in [5, 5.41) is 13.0. The average Bonchev–Trinajstić information content (AvgIpc) is 2.42. The van der Waals surface area contributed by atoms with Gasteiger partial charge >= 0.3 is 6.09 Å². The number of ether oxygens (including phenoxy) is 1. The van der Waals surface area contributed by atoms with E-state index in [-0.39, 0.29) is 29.8 Å². The number of carbonyl (C=O) groups is 2. The molecule has 2 N–H and O–H groups in total. The minimum Gasteiger partial charge on any atom is -0.444 e. The molecule has 7 heteroatoms. The Morgan fingerprint density at radius 1 is 1.38 bits per heavy atom. The Labute approximate surface area is 134 Å². The van der Waals surface area contributed by atoms with Crippen molar-refractivity contribution in [3.63, 3.8) is 0 Å². The number of hydrogen-bond donors (Lipinski definition) is 2. The molecule has 0 radical (unpaired) electrons. The topological polar surface area (TPSA) is 78.9 Å². The van der Waals surface area contributed by atoms with E-state index in [1.807, 2.05) is 20.8 Å². The maximum absolute atomic E-state index is 11.9. The number of rotatable bonds is 4. The van der Waals surface area contributed by atoms with Gasteiger partial charge in [0, 0.05) is 19.6 Å². The van der Waals surface area contributed by atoms with Gasteiger partial charge in [-0.25, -0.2) is 4.79 Å². The van der Waals surface area contributed by atoms with Crippen molar-refractivity contribution in [1.29, 1.82) is 0 Å². The minimum atomic E-state index is -0.575. The number of halogens is 1. The molecular formula is C14H25BrN2O4. The van der Waals surface area contributed by atoms with Crippen molar-refractivity contribution in [2.75, 3.05) is 25.0 Å². The summed E-state index contributed by atoms with van der Waals surface area (Å²) in [5.74, 6) is -0.0421. The monoisotopic (exact) mass is 364 g/mol. The molecule has 2 amide bonds. The lowest BCUT2D eigenvalue weighted by Crippen LogP contribution is -2.45. The minimum absolute atomic E-state index is 0.0966. The fourth-order valence-electron chi connectivity index (χ4n) is 2.23. The van der Waals surface area contributed by atoms with Crippen molar-refractivity contribution in [3.05, 3.63) is 0 Å². The summed E-state index contributed by atoms with van der Waals surface area (Å²) in [6.45, 7) is 6.92. The first-order valence-electron chi connectivity index (χ1n) is 7.21. The van der Waals surface area contributed by atoms with Crippen LogP contribution in [0.25, 0.3) is 0 Å². The summed E-state index contributed by atoms with van der Waals surface area (Å²) in [7, 11) is 0. The fourth-order valence-corrected chi connectivity index (χ4v) is 2.42. The quantitative estimate of drug-likeness (QED) is 0.741. The van der Waals surface area contributed by atoms with Gasteiger partial charge in [-0.3, -0.25) is 4.79 Å². The number of nitrogens with one attached hydrogen (secondary N) is 1. The highest BCUT2D eigenvalue weighted by Crippen LogP contribution is 2.22. The molecule has 1 fully saturated rings. The lowest BCUT2D eigenvalue weighted by atomic mass is 9.91. The number of likely N-dealkylation sites (tertiary alicyclic amines) is 1. The standard InChI is InChI=1S/C14H25BrN2O4/c1-14(2,3)21-13(20)17-6-4-10(5-7-17)11(18)9-16-12(19)8-15/h10-11,18H,4-9H2,1-3H3,(H,16,19). The van der Waals surface area contributed by atoms with Crippen LogP contribution < -0.4 is 5.32 Å². The summed E-state index contributed by atoms with van der Waals surface area (Å²) in [4.78, 5) is 24.7. The van der Waals surface area contributed by atoms with Gasteiger partial charge in [-0.05, 0) is 39.5 Å². The summed E-state index contributed by atoms with van der Waals surface area (Å²) in [5.41, 5.74) is -0.493. The summed E-state index contributed by atoms with van der Waals surface area (Å²) in [6, 6.07) is 0. The first-order valence-corrected chi connectivity index (χ1v) is 8.33. The second-order valence-corrected chi connectivity index (χ2v) is 6.87. The molecule has 21 heavy (non-hydrogen) atoms. The van der Waals surface area contributed by atoms with E-state index < -0.39 is 11.7 Å². The normalized spacial score (nSPS) is 18.2. The van der Waals surface area contributed by atoms with Gasteiger partial charge in [0.2, 0.25) is 5.91 Å². The van der Waals surface area contributed by atoms with E-state index in [1.54, 1.807) is 4.90 Å². The maximum Gasteiger partial charge on any atom is 0.410 e. The van der Waals surface area contributed by atoms with Crippen LogP contribution in [0.2, 0.25) is 0 Å². The Hall–Kier alpha value is -0.820. The number of carbonyl (C=O) groups excluding carboxylic acids is 2. The zero-order valence-corrected chi connectivity index (χ0v) is 14.5. The van der Waals surface area contributed by atoms with Crippen molar-refractivity contribution >= 4 is 27.9 Å². The van der Waals surface area contributed by atoms with E-state index in [0.717, 1.165) is 0 Å². The Balaban J connectivity index is 2.34. The molecule has 122 valence electrons. The predicted molar refractivity (Wildman–Crippen MR) is 83.3 cm³/mol. The summed E-state index contributed by atoms with van der Waals surface area (Å²) >= 11 is 3.06. The Kier molecular flexibility index (Phi) is 6.93. The SMILES string of the molecule is CC(C)(C)OC(=O)N1CCC(C(O)CNC(=O)CBr)CC1. The number of aliphatic hydroxyl groups excluding tert-OH is 1. The third-order valence-electron chi connectivity index (χ3n) is 3.37. The highest BCUT2D eigenvalue weighted by atomic mass is 79.9. The molecule has 0 bridgehead atoms. The van der Waals surface area contributed by atoms with Crippen molar-refractivity contribution in [3.8, 4) is 0 Å². The van der Waals surface area contributed by atoms with E-state index in [2.05, 4.69) is 21.2 Å². The van der Waals surface area contributed by atoms with Gasteiger partial charge in [-0.2, -0.15) is 0 Å². The summed E-state index contributed by atoms with van der Waals surface area (Å²) in [6.07, 6.45) is 0.548. The first kappa shape index (κ1) is 18.2. The number of piperidine rings is 1. The molecule has 0 aromatic carbocycles. The molecule has 1 rings (SSSR count). The second kappa shape index (κ2) is 7.98. The maximum atomic E-state index is 11.9. The van der Waals surface area contributed by atoms with Crippen LogP contribution in [0.1, 0.15) is 33.6 Å². The van der Waals surface area contributed by atoms with Gasteiger partial charge in [0.1, 0.15) is 5.60 Å². The molecule has 0 aromatic heterocycles. The zero-order chi connectivity index (χ0) is 16.0. The number of amides is 2. The average molecular weight is 365 g/mol. The van der Waals surface area contributed by atoms with Crippen LogP contribution in [-0.2, 0) is 9.53 Å². The molecule has 1 unspecified atom stereocenters. The number of aliphatic hydroxyl groups is 1. The van der Waals surface area contributed by atoms with Gasteiger partial charge < -0.3 is 20.1 Å². The molecule has 1 heterocycles. The lowest BCUT2D eigenvalue weighted by molar-refractivity contribution is -0.119. The molecule has 1 aliphatic heterocycles. The van der Waals surface area contributed by atoms with E-state index in [1.165, 1.54) is 0 Å². The van der Waals surface area contributed by atoms with Crippen LogP contribution in [-0.4, -0.2) is 58.7 Å². The highest BCUT2D eigenvalue weighted by Gasteiger charge is 2.29. The van der Waals surface area contributed by atoms with Crippen LogP contribution in [0.3, 0.4) is 0 Å². The fraction of sp³-hybridized carbons (Fsp3) is 0.857. The Morgan fingerprint density at radius 3 is 2.43 bits per heavy atom. The molecule has 0 spiro atoms. The van der Waals surface area contributed by atoms with Gasteiger partial charge in [0.25, 0.3) is 0 Å². The third kappa shape index (κ3) is 6.65. The van der Waals surface area contributed by atoms with Gasteiger partial charge in [-0.15, -0.1) is 0 Å². The zero-order valence-electron chi connectivity index (χ0n) is 12.9. The molecule has 6 nitrogen and oxygen atoms in total. The molecule has 0 aliphatic carbocycles. The molecule has 1 atom stereocenters. The van der Waals surface area contributed by atoms with Gasteiger partial charge in [0.15, 0.2) is 0 Å². The van der Waals surface area contributed by atoms with Gasteiger partial charge in [-0.1, -0.05) is 15.9 Å². The van der Waals surface area contributed by atoms with Gasteiger partial charge in [0.05, 0.1) is 11.4 Å². The first-order chi connectivity index (χ1) is 9.73. The van der Waals surface area contributed by atoms with Crippen LogP contribution in [0.5, 0.6) is 0 Å². The smallest absolute Gasteiger partial charge is 0.410 e. The van der Waals surface area contributed by atoms with E-state index >= 15 is 0 Å². The van der Waals surface area contributed by atoms with Crippen LogP contribution >= 0.6 is 15.9 Å². The number of nitrogens with zero attached hydrogens (tertiary/aromatic N) is 1. The third-order valence-corrected chi connectivity index (χ3v) is 3.87. The van der Waals surface area contributed by atoms with E-state index in [9.17, 15) is 14.7 Å². The number of alkyl halides is 1. The van der Waals surface area contributed by atoms with E-state index in [4.69, 9.17) is 4.74 Å². The summed E-state index contributed by atoms with van der Waals surface area (Å²) < 4.78 is 5.33. The van der Waals surface area contributed by atoms with Crippen LogP contribution in [0.4, 0.5) is 4.79 Å². The van der Waals surface area contributed by atoms with Crippen molar-refractivity contribution in [2.45, 2.75) is 45.3 Å². The number of hydrogen-bond acceptors (Lipinski definition) is 4. The Morgan fingerprint density at radius 2 is 1.95 bits per heavy atom. The largest absolute Gasteiger partial charge is 0.444 e. The molecular weight excluding hydrogens is 340 g/mol. The molecule has 1 saturated heterocycles. The van der Waals surface area contributed by atoms with E-state index in [0.29, 0.717) is 25.9 Å². The van der Waals surface area contributed by atoms with Crippen LogP contribution in [0.15, 0.2) is 0 Å².